The Labute approximate surface area is 159 Å². The summed E-state index contributed by atoms with van der Waals surface area (Å²) in [5.74, 6) is 0.822. The number of hydrogen-bond donors (Lipinski definition) is 3. The largest absolute Gasteiger partial charge is 0.493 e. The van der Waals surface area contributed by atoms with E-state index in [1.54, 1.807) is 28.1 Å². The maximum Gasteiger partial charge on any atom is 0.237 e. The number of aliphatic hydroxyl groups is 1. The van der Waals surface area contributed by atoms with E-state index in [1.165, 1.54) is 0 Å². The van der Waals surface area contributed by atoms with Gasteiger partial charge >= 0.3 is 0 Å². The molecule has 150 valence electrons. The van der Waals surface area contributed by atoms with Crippen LogP contribution in [0, 0.1) is 0 Å². The minimum atomic E-state index is -0.726. The van der Waals surface area contributed by atoms with Crippen molar-refractivity contribution < 1.29 is 24.2 Å². The zero-order chi connectivity index (χ0) is 20.0. The van der Waals surface area contributed by atoms with Gasteiger partial charge < -0.3 is 25.2 Å². The van der Waals surface area contributed by atoms with Gasteiger partial charge in [-0.2, -0.15) is 0 Å². The van der Waals surface area contributed by atoms with Crippen molar-refractivity contribution in [3.63, 3.8) is 0 Å². The summed E-state index contributed by atoms with van der Waals surface area (Å²) in [6.07, 6.45) is 0.0303. The number of carbonyl (C=O) groups is 2. The third kappa shape index (κ3) is 5.58. The van der Waals surface area contributed by atoms with E-state index in [2.05, 4.69) is 10.6 Å². The second-order valence-corrected chi connectivity index (χ2v) is 7.26. The second-order valence-electron chi connectivity index (χ2n) is 7.26. The number of carbonyl (C=O) groups excluding carboxylic acids is 2. The molecule has 8 nitrogen and oxygen atoms in total. The van der Waals surface area contributed by atoms with Gasteiger partial charge in [0.1, 0.15) is 0 Å². The first kappa shape index (κ1) is 21.0. The molecule has 2 rings (SSSR count). The van der Waals surface area contributed by atoms with Crippen LogP contribution in [0.5, 0.6) is 11.5 Å². The first-order chi connectivity index (χ1) is 12.8. The van der Waals surface area contributed by atoms with E-state index in [1.807, 2.05) is 23.1 Å². The van der Waals surface area contributed by atoms with Gasteiger partial charge in [0.05, 0.1) is 38.8 Å². The molecule has 0 aromatic heterocycles. The van der Waals surface area contributed by atoms with Crippen molar-refractivity contribution in [3.05, 3.63) is 23.8 Å². The number of benzene rings is 1. The molecule has 1 aliphatic heterocycles. The van der Waals surface area contributed by atoms with Gasteiger partial charge in [-0.3, -0.25) is 14.5 Å². The third-order valence-electron chi connectivity index (χ3n) is 4.53. The lowest BCUT2D eigenvalue weighted by Gasteiger charge is -2.35. The fourth-order valence-corrected chi connectivity index (χ4v) is 3.03. The van der Waals surface area contributed by atoms with Crippen LogP contribution in [0.15, 0.2) is 18.2 Å². The highest BCUT2D eigenvalue weighted by atomic mass is 16.5. The number of methoxy groups -OCH3 is 2. The number of piperazine rings is 1. The maximum absolute atomic E-state index is 12.4. The smallest absolute Gasteiger partial charge is 0.237 e. The molecule has 1 aliphatic rings. The van der Waals surface area contributed by atoms with Crippen LogP contribution in [0.25, 0.3) is 0 Å². The van der Waals surface area contributed by atoms with E-state index in [9.17, 15) is 14.7 Å². The molecule has 1 heterocycles. The van der Waals surface area contributed by atoms with Gasteiger partial charge in [0.2, 0.25) is 11.8 Å². The lowest BCUT2D eigenvalue weighted by molar-refractivity contribution is -0.135. The normalized spacial score (nSPS) is 18.0. The molecule has 1 fully saturated rings. The van der Waals surface area contributed by atoms with E-state index in [-0.39, 0.29) is 24.8 Å². The third-order valence-corrected chi connectivity index (χ3v) is 4.53. The number of amides is 2. The molecule has 1 aromatic carbocycles. The average molecular weight is 379 g/mol. The zero-order valence-electron chi connectivity index (χ0n) is 16.4. The van der Waals surface area contributed by atoms with Crippen LogP contribution in [0.1, 0.15) is 25.8 Å². The van der Waals surface area contributed by atoms with Crippen molar-refractivity contribution >= 4 is 11.8 Å². The summed E-state index contributed by atoms with van der Waals surface area (Å²) in [5.41, 5.74) is 0.236. The summed E-state index contributed by atoms with van der Waals surface area (Å²) < 4.78 is 10.6. The Hall–Kier alpha value is -2.32. The minimum Gasteiger partial charge on any atom is -0.493 e. The topological polar surface area (TPSA) is 100 Å². The van der Waals surface area contributed by atoms with Crippen molar-refractivity contribution in [1.82, 2.24) is 15.5 Å². The van der Waals surface area contributed by atoms with E-state index in [0.29, 0.717) is 31.1 Å². The standard InChI is InChI=1S/C19H29N3O5/c1-19(2,12-23)21-17(24)10-14-18(25)20-7-8-22(14)11-13-5-6-15(26-3)16(9-13)27-4/h5-6,9,14,23H,7-8,10-12H2,1-4H3,(H,20,25)(H,21,24)/t14-/m0/s1. The predicted molar refractivity (Wildman–Crippen MR) is 101 cm³/mol. The molecule has 3 N–H and O–H groups in total. The van der Waals surface area contributed by atoms with Crippen LogP contribution in [0.3, 0.4) is 0 Å². The number of nitrogens with one attached hydrogen (secondary N) is 2. The molecule has 1 saturated heterocycles. The monoisotopic (exact) mass is 379 g/mol. The summed E-state index contributed by atoms with van der Waals surface area (Å²) >= 11 is 0. The highest BCUT2D eigenvalue weighted by Crippen LogP contribution is 2.28. The fraction of sp³-hybridized carbons (Fsp3) is 0.579. The lowest BCUT2D eigenvalue weighted by Crippen LogP contribution is -2.57. The molecule has 8 heteroatoms. The molecule has 27 heavy (non-hydrogen) atoms. The summed E-state index contributed by atoms with van der Waals surface area (Å²) in [6, 6.07) is 5.04. The summed E-state index contributed by atoms with van der Waals surface area (Å²) in [7, 11) is 3.15. The molecule has 2 amide bonds. The number of rotatable bonds is 8. The van der Waals surface area contributed by atoms with Crippen LogP contribution in [-0.2, 0) is 16.1 Å². The number of aliphatic hydroxyl groups excluding tert-OH is 1. The predicted octanol–water partition coefficient (Wildman–Crippen LogP) is 0.281. The molecule has 0 radical (unpaired) electrons. The Morgan fingerprint density at radius 1 is 1.33 bits per heavy atom. The Bertz CT molecular complexity index is 677. The maximum atomic E-state index is 12.4. The molecule has 0 saturated carbocycles. The van der Waals surface area contributed by atoms with Gasteiger partial charge in [-0.05, 0) is 31.5 Å². The lowest BCUT2D eigenvalue weighted by atomic mass is 10.0. The summed E-state index contributed by atoms with van der Waals surface area (Å²) in [4.78, 5) is 26.7. The zero-order valence-corrected chi connectivity index (χ0v) is 16.4. The summed E-state index contributed by atoms with van der Waals surface area (Å²) in [6.45, 7) is 4.97. The van der Waals surface area contributed by atoms with Gasteiger partial charge in [0.15, 0.2) is 11.5 Å². The van der Waals surface area contributed by atoms with Crippen molar-refractivity contribution in [2.24, 2.45) is 0 Å². The van der Waals surface area contributed by atoms with Gasteiger partial charge in [-0.1, -0.05) is 6.07 Å². The molecule has 0 unspecified atom stereocenters. The van der Waals surface area contributed by atoms with Crippen LogP contribution in [0.4, 0.5) is 0 Å². The van der Waals surface area contributed by atoms with Gasteiger partial charge in [-0.25, -0.2) is 0 Å². The van der Waals surface area contributed by atoms with Crippen molar-refractivity contribution in [1.29, 1.82) is 0 Å². The Morgan fingerprint density at radius 2 is 2.04 bits per heavy atom. The first-order valence-corrected chi connectivity index (χ1v) is 8.94. The molecule has 0 spiro atoms. The van der Waals surface area contributed by atoms with E-state index in [0.717, 1.165) is 5.56 Å². The Kier molecular flexibility index (Phi) is 7.04. The van der Waals surface area contributed by atoms with Gasteiger partial charge in [-0.15, -0.1) is 0 Å². The van der Waals surface area contributed by atoms with E-state index in [4.69, 9.17) is 9.47 Å². The highest BCUT2D eigenvalue weighted by Gasteiger charge is 2.33. The minimum absolute atomic E-state index is 0.0303. The number of nitrogens with zero attached hydrogens (tertiary/aromatic N) is 1. The van der Waals surface area contributed by atoms with E-state index >= 15 is 0 Å². The Balaban J connectivity index is 2.11. The van der Waals surface area contributed by atoms with Crippen molar-refractivity contribution in [3.8, 4) is 11.5 Å². The molecular weight excluding hydrogens is 350 g/mol. The van der Waals surface area contributed by atoms with E-state index < -0.39 is 11.6 Å². The SMILES string of the molecule is COc1ccc(CN2CCNC(=O)[C@@H]2CC(=O)NC(C)(C)CO)cc1OC. The number of hydrogen-bond acceptors (Lipinski definition) is 6. The van der Waals surface area contributed by atoms with Gasteiger partial charge in [0.25, 0.3) is 0 Å². The number of ether oxygens (including phenoxy) is 2. The van der Waals surface area contributed by atoms with Crippen LogP contribution in [-0.4, -0.2) is 67.3 Å². The molecule has 0 bridgehead atoms. The van der Waals surface area contributed by atoms with Gasteiger partial charge in [0, 0.05) is 19.6 Å². The molecule has 0 aliphatic carbocycles. The van der Waals surface area contributed by atoms with Crippen LogP contribution >= 0.6 is 0 Å². The molecule has 1 atom stereocenters. The molecule has 1 aromatic rings. The second kappa shape index (κ2) is 9.05. The van der Waals surface area contributed by atoms with Crippen molar-refractivity contribution in [2.75, 3.05) is 33.9 Å². The quantitative estimate of drug-likeness (QED) is 0.600. The Morgan fingerprint density at radius 3 is 2.67 bits per heavy atom. The first-order valence-electron chi connectivity index (χ1n) is 8.94. The fourth-order valence-electron chi connectivity index (χ4n) is 3.03. The summed E-state index contributed by atoms with van der Waals surface area (Å²) in [5, 5.41) is 14.9. The van der Waals surface area contributed by atoms with Crippen LogP contribution < -0.4 is 20.1 Å². The highest BCUT2D eigenvalue weighted by molar-refractivity contribution is 5.89. The van der Waals surface area contributed by atoms with Crippen molar-refractivity contribution in [2.45, 2.75) is 38.4 Å². The van der Waals surface area contributed by atoms with Crippen LogP contribution in [0.2, 0.25) is 0 Å². The molecular formula is C19H29N3O5. The average Bonchev–Trinajstić information content (AvgIpc) is 2.64.